The van der Waals surface area contributed by atoms with Gasteiger partial charge in [0.2, 0.25) is 0 Å². The fourth-order valence-electron chi connectivity index (χ4n) is 2.56. The Hall–Kier alpha value is -0.610. The van der Waals surface area contributed by atoms with Crippen molar-refractivity contribution in [3.63, 3.8) is 0 Å². The molecule has 3 N–H and O–H groups in total. The van der Waals surface area contributed by atoms with Gasteiger partial charge in [0.25, 0.3) is 0 Å². The van der Waals surface area contributed by atoms with Gasteiger partial charge in [0, 0.05) is 32.1 Å². The first-order valence-corrected chi connectivity index (χ1v) is 5.83. The lowest BCUT2D eigenvalue weighted by atomic mass is 9.92. The van der Waals surface area contributed by atoms with Crippen LogP contribution in [0.5, 0.6) is 0 Å². The molecular formula is C11H20N2O2. The second kappa shape index (κ2) is 4.49. The molecule has 2 rings (SSSR count). The lowest BCUT2D eigenvalue weighted by Crippen LogP contribution is -2.48. The summed E-state index contributed by atoms with van der Waals surface area (Å²) in [5.74, 6) is 0.422. The molecule has 0 radical (unpaired) electrons. The Morgan fingerprint density at radius 3 is 2.67 bits per heavy atom. The van der Waals surface area contributed by atoms with Gasteiger partial charge >= 0.3 is 5.97 Å². The zero-order valence-corrected chi connectivity index (χ0v) is 9.06. The van der Waals surface area contributed by atoms with Crippen molar-refractivity contribution in [3.05, 3.63) is 0 Å². The molecule has 0 aromatic carbocycles. The predicted octanol–water partition coefficient (Wildman–Crippen LogP) is 0.520. The summed E-state index contributed by atoms with van der Waals surface area (Å²) >= 11 is 0. The maximum absolute atomic E-state index is 10.7. The molecule has 2 aliphatic rings. The smallest absolute Gasteiger partial charge is 0.303 e. The number of hydrogen-bond acceptors (Lipinski definition) is 3. The summed E-state index contributed by atoms with van der Waals surface area (Å²) < 4.78 is 0. The van der Waals surface area contributed by atoms with E-state index in [2.05, 4.69) is 4.90 Å². The van der Waals surface area contributed by atoms with Crippen molar-refractivity contribution in [3.8, 4) is 0 Å². The average Bonchev–Trinajstić information content (AvgIpc) is 2.85. The Morgan fingerprint density at radius 2 is 2.07 bits per heavy atom. The molecule has 15 heavy (non-hydrogen) atoms. The highest BCUT2D eigenvalue weighted by molar-refractivity contribution is 5.67. The Morgan fingerprint density at radius 1 is 1.33 bits per heavy atom. The molecule has 0 bridgehead atoms. The van der Waals surface area contributed by atoms with Gasteiger partial charge in [-0.3, -0.25) is 4.79 Å². The second-order valence-electron chi connectivity index (χ2n) is 5.12. The normalized spacial score (nSPS) is 32.9. The molecule has 4 heteroatoms. The molecule has 1 saturated carbocycles. The maximum atomic E-state index is 10.7. The van der Waals surface area contributed by atoms with E-state index in [1.54, 1.807) is 0 Å². The highest BCUT2D eigenvalue weighted by atomic mass is 16.4. The van der Waals surface area contributed by atoms with Gasteiger partial charge < -0.3 is 15.7 Å². The molecule has 2 fully saturated rings. The third-order valence-electron chi connectivity index (χ3n) is 3.32. The van der Waals surface area contributed by atoms with Gasteiger partial charge in [-0.1, -0.05) is 0 Å². The fourth-order valence-corrected chi connectivity index (χ4v) is 2.56. The predicted molar refractivity (Wildman–Crippen MR) is 57.5 cm³/mol. The molecule has 1 aliphatic carbocycles. The van der Waals surface area contributed by atoms with Crippen molar-refractivity contribution in [1.29, 1.82) is 0 Å². The summed E-state index contributed by atoms with van der Waals surface area (Å²) in [6, 6.07) is 0.168. The van der Waals surface area contributed by atoms with E-state index in [4.69, 9.17) is 10.8 Å². The first-order chi connectivity index (χ1) is 7.13. The van der Waals surface area contributed by atoms with Gasteiger partial charge in [-0.2, -0.15) is 0 Å². The van der Waals surface area contributed by atoms with Crippen molar-refractivity contribution >= 4 is 5.97 Å². The van der Waals surface area contributed by atoms with Crippen LogP contribution in [0.1, 0.15) is 25.7 Å². The van der Waals surface area contributed by atoms with Crippen LogP contribution in [-0.4, -0.2) is 41.7 Å². The van der Waals surface area contributed by atoms with Crippen LogP contribution in [0.25, 0.3) is 0 Å². The van der Waals surface area contributed by atoms with E-state index in [-0.39, 0.29) is 18.4 Å². The SMILES string of the molecule is NC1CC(CC(=O)O)CN(CC2CC2)C1. The number of carboxylic acid groups (broad SMARTS) is 1. The van der Waals surface area contributed by atoms with Crippen LogP contribution in [0, 0.1) is 11.8 Å². The highest BCUT2D eigenvalue weighted by Crippen LogP contribution is 2.31. The Labute approximate surface area is 90.4 Å². The number of rotatable bonds is 4. The molecule has 0 amide bonds. The molecule has 0 aromatic heterocycles. The zero-order chi connectivity index (χ0) is 10.8. The van der Waals surface area contributed by atoms with E-state index in [1.807, 2.05) is 0 Å². The van der Waals surface area contributed by atoms with Crippen molar-refractivity contribution < 1.29 is 9.90 Å². The maximum Gasteiger partial charge on any atom is 0.303 e. The van der Waals surface area contributed by atoms with Gasteiger partial charge in [0.1, 0.15) is 0 Å². The van der Waals surface area contributed by atoms with E-state index in [1.165, 1.54) is 12.8 Å². The van der Waals surface area contributed by atoms with Crippen LogP contribution in [0.4, 0.5) is 0 Å². The van der Waals surface area contributed by atoms with E-state index in [9.17, 15) is 4.79 Å². The van der Waals surface area contributed by atoms with Crippen molar-refractivity contribution in [2.75, 3.05) is 19.6 Å². The van der Waals surface area contributed by atoms with Crippen LogP contribution in [-0.2, 0) is 4.79 Å². The number of likely N-dealkylation sites (tertiary alicyclic amines) is 1. The molecule has 0 spiro atoms. The van der Waals surface area contributed by atoms with Crippen LogP contribution >= 0.6 is 0 Å². The molecule has 0 aromatic rings. The van der Waals surface area contributed by atoms with Gasteiger partial charge in [-0.15, -0.1) is 0 Å². The molecule has 4 nitrogen and oxygen atoms in total. The zero-order valence-electron chi connectivity index (χ0n) is 9.06. The molecule has 2 unspecified atom stereocenters. The summed E-state index contributed by atoms with van der Waals surface area (Å²) in [6.07, 6.45) is 3.83. The number of carbonyl (C=O) groups is 1. The summed E-state index contributed by atoms with van der Waals surface area (Å²) in [5, 5.41) is 8.77. The van der Waals surface area contributed by atoms with E-state index in [0.29, 0.717) is 0 Å². The Balaban J connectivity index is 1.82. The molecule has 1 heterocycles. The second-order valence-corrected chi connectivity index (χ2v) is 5.12. The van der Waals surface area contributed by atoms with E-state index >= 15 is 0 Å². The van der Waals surface area contributed by atoms with Crippen molar-refractivity contribution in [2.24, 2.45) is 17.6 Å². The third kappa shape index (κ3) is 3.47. The molecule has 86 valence electrons. The quantitative estimate of drug-likeness (QED) is 0.713. The number of aliphatic carboxylic acids is 1. The third-order valence-corrected chi connectivity index (χ3v) is 3.32. The van der Waals surface area contributed by atoms with Crippen LogP contribution in [0.15, 0.2) is 0 Å². The van der Waals surface area contributed by atoms with Gasteiger partial charge in [0.15, 0.2) is 0 Å². The molecular weight excluding hydrogens is 192 g/mol. The van der Waals surface area contributed by atoms with E-state index in [0.717, 1.165) is 32.0 Å². The van der Waals surface area contributed by atoms with Gasteiger partial charge in [0.05, 0.1) is 0 Å². The molecule has 1 aliphatic heterocycles. The largest absolute Gasteiger partial charge is 0.481 e. The first kappa shape index (κ1) is 10.9. The number of hydrogen-bond donors (Lipinski definition) is 2. The number of nitrogens with two attached hydrogens (primary N) is 1. The minimum Gasteiger partial charge on any atom is -0.481 e. The monoisotopic (exact) mass is 212 g/mol. The number of piperidine rings is 1. The molecule has 2 atom stereocenters. The summed E-state index contributed by atoms with van der Waals surface area (Å²) in [7, 11) is 0. The number of nitrogens with zero attached hydrogens (tertiary/aromatic N) is 1. The summed E-state index contributed by atoms with van der Waals surface area (Å²) in [4.78, 5) is 13.0. The highest BCUT2D eigenvalue weighted by Gasteiger charge is 2.30. The Bertz CT molecular complexity index is 239. The first-order valence-electron chi connectivity index (χ1n) is 5.83. The lowest BCUT2D eigenvalue weighted by molar-refractivity contribution is -0.138. The van der Waals surface area contributed by atoms with Gasteiger partial charge in [-0.25, -0.2) is 0 Å². The Kier molecular flexibility index (Phi) is 3.26. The summed E-state index contributed by atoms with van der Waals surface area (Å²) in [5.41, 5.74) is 5.95. The van der Waals surface area contributed by atoms with E-state index < -0.39 is 5.97 Å². The van der Waals surface area contributed by atoms with Crippen molar-refractivity contribution in [1.82, 2.24) is 4.90 Å². The van der Waals surface area contributed by atoms with Crippen LogP contribution in [0.2, 0.25) is 0 Å². The summed E-state index contributed by atoms with van der Waals surface area (Å²) in [6.45, 7) is 3.01. The topological polar surface area (TPSA) is 66.6 Å². The lowest BCUT2D eigenvalue weighted by Gasteiger charge is -2.35. The average molecular weight is 212 g/mol. The molecule has 1 saturated heterocycles. The fraction of sp³-hybridized carbons (Fsp3) is 0.909. The minimum absolute atomic E-state index is 0.168. The van der Waals surface area contributed by atoms with Crippen LogP contribution in [0.3, 0.4) is 0 Å². The number of carboxylic acids is 1. The van der Waals surface area contributed by atoms with Crippen molar-refractivity contribution in [2.45, 2.75) is 31.7 Å². The van der Waals surface area contributed by atoms with Gasteiger partial charge in [-0.05, 0) is 31.1 Å². The van der Waals surface area contributed by atoms with Crippen LogP contribution < -0.4 is 5.73 Å². The standard InChI is InChI=1S/C11H20N2O2/c12-10-3-9(4-11(14)15)6-13(7-10)5-8-1-2-8/h8-10H,1-7,12H2,(H,14,15). The minimum atomic E-state index is -0.694.